The summed E-state index contributed by atoms with van der Waals surface area (Å²) in [4.78, 5) is 0. The maximum Gasteiger partial charge on any atom is 0.416 e. The molecule has 132 valence electrons. The molecule has 0 amide bonds. The lowest BCUT2D eigenvalue weighted by atomic mass is 9.84. The minimum Gasteiger partial charge on any atom is -0.166 e. The van der Waals surface area contributed by atoms with Gasteiger partial charge in [-0.15, -0.1) is 0 Å². The Hall–Kier alpha value is -2.03. The molecule has 0 spiro atoms. The zero-order valence-corrected chi connectivity index (χ0v) is 14.4. The van der Waals surface area contributed by atoms with Gasteiger partial charge in [0, 0.05) is 0 Å². The molecule has 0 radical (unpaired) electrons. The molecule has 0 aromatic heterocycles. The number of halogens is 3. The van der Waals surface area contributed by atoms with Crippen LogP contribution in [0.2, 0.25) is 0 Å². The van der Waals surface area contributed by atoms with Crippen LogP contribution >= 0.6 is 0 Å². The third-order valence-electron chi connectivity index (χ3n) is 5.02. The summed E-state index contributed by atoms with van der Waals surface area (Å²) >= 11 is 0. The molecule has 0 heterocycles. The van der Waals surface area contributed by atoms with Gasteiger partial charge in [-0.05, 0) is 59.6 Å². The number of alkyl halides is 3. The molecule has 0 saturated carbocycles. The first-order valence-corrected chi connectivity index (χ1v) is 8.94. The SMILES string of the molecule is CCCC1CC=C(c2ccc(-c3ccc(C(F)(F)F)cc3)cc2)CC1. The van der Waals surface area contributed by atoms with E-state index < -0.39 is 11.7 Å². The zero-order valence-electron chi connectivity index (χ0n) is 14.4. The van der Waals surface area contributed by atoms with Crippen LogP contribution in [-0.4, -0.2) is 0 Å². The Morgan fingerprint density at radius 3 is 1.92 bits per heavy atom. The molecule has 1 aliphatic carbocycles. The molecular weight excluding hydrogens is 321 g/mol. The van der Waals surface area contributed by atoms with Crippen LogP contribution in [0.1, 0.15) is 50.2 Å². The summed E-state index contributed by atoms with van der Waals surface area (Å²) in [5, 5.41) is 0. The molecule has 2 aromatic rings. The molecule has 1 atom stereocenters. The Balaban J connectivity index is 1.72. The van der Waals surface area contributed by atoms with Crippen molar-refractivity contribution >= 4 is 5.57 Å². The van der Waals surface area contributed by atoms with Crippen LogP contribution in [0, 0.1) is 5.92 Å². The van der Waals surface area contributed by atoms with Crippen molar-refractivity contribution in [1.82, 2.24) is 0 Å². The molecule has 0 saturated heterocycles. The highest BCUT2D eigenvalue weighted by Gasteiger charge is 2.29. The van der Waals surface area contributed by atoms with E-state index in [0.717, 1.165) is 42.0 Å². The molecule has 1 aliphatic rings. The minimum atomic E-state index is -4.29. The van der Waals surface area contributed by atoms with Crippen molar-refractivity contribution in [2.45, 2.75) is 45.2 Å². The van der Waals surface area contributed by atoms with Crippen molar-refractivity contribution in [1.29, 1.82) is 0 Å². The van der Waals surface area contributed by atoms with Gasteiger partial charge in [0.1, 0.15) is 0 Å². The maximum absolute atomic E-state index is 12.7. The average molecular weight is 344 g/mol. The van der Waals surface area contributed by atoms with Gasteiger partial charge in [-0.3, -0.25) is 0 Å². The van der Waals surface area contributed by atoms with Crippen molar-refractivity contribution in [2.75, 3.05) is 0 Å². The fraction of sp³-hybridized carbons (Fsp3) is 0.364. The first-order chi connectivity index (χ1) is 12.0. The monoisotopic (exact) mass is 344 g/mol. The second-order valence-electron chi connectivity index (χ2n) is 6.81. The highest BCUT2D eigenvalue weighted by atomic mass is 19.4. The summed E-state index contributed by atoms with van der Waals surface area (Å²) in [5.74, 6) is 0.820. The van der Waals surface area contributed by atoms with E-state index in [4.69, 9.17) is 0 Å². The highest BCUT2D eigenvalue weighted by Crippen LogP contribution is 2.34. The number of rotatable bonds is 4. The molecule has 0 bridgehead atoms. The van der Waals surface area contributed by atoms with Crippen LogP contribution in [0.5, 0.6) is 0 Å². The van der Waals surface area contributed by atoms with Crippen LogP contribution in [0.4, 0.5) is 13.2 Å². The maximum atomic E-state index is 12.7. The van der Waals surface area contributed by atoms with Crippen LogP contribution < -0.4 is 0 Å². The summed E-state index contributed by atoms with van der Waals surface area (Å²) in [6, 6.07) is 13.5. The van der Waals surface area contributed by atoms with E-state index in [2.05, 4.69) is 25.1 Å². The Kier molecular flexibility index (Phi) is 5.31. The van der Waals surface area contributed by atoms with Crippen LogP contribution in [0.25, 0.3) is 16.7 Å². The minimum absolute atomic E-state index is 0.609. The molecule has 0 aliphatic heterocycles. The van der Waals surface area contributed by atoms with E-state index in [9.17, 15) is 13.2 Å². The molecule has 0 N–H and O–H groups in total. The van der Waals surface area contributed by atoms with Gasteiger partial charge in [0.25, 0.3) is 0 Å². The van der Waals surface area contributed by atoms with Gasteiger partial charge in [0.15, 0.2) is 0 Å². The van der Waals surface area contributed by atoms with E-state index in [1.165, 1.54) is 42.5 Å². The summed E-state index contributed by atoms with van der Waals surface area (Å²) in [7, 11) is 0. The van der Waals surface area contributed by atoms with Gasteiger partial charge in [0.05, 0.1) is 5.56 Å². The lowest BCUT2D eigenvalue weighted by molar-refractivity contribution is -0.137. The summed E-state index contributed by atoms with van der Waals surface area (Å²) < 4.78 is 38.0. The molecule has 0 fully saturated rings. The summed E-state index contributed by atoms with van der Waals surface area (Å²) in [6.07, 6.45) is 4.14. The summed E-state index contributed by atoms with van der Waals surface area (Å²) in [5.41, 5.74) is 3.76. The fourth-order valence-electron chi connectivity index (χ4n) is 3.55. The summed E-state index contributed by atoms with van der Waals surface area (Å²) in [6.45, 7) is 2.24. The van der Waals surface area contributed by atoms with Crippen molar-refractivity contribution in [2.24, 2.45) is 5.92 Å². The average Bonchev–Trinajstić information content (AvgIpc) is 2.62. The van der Waals surface area contributed by atoms with Crippen LogP contribution in [0.3, 0.4) is 0 Å². The lowest BCUT2D eigenvalue weighted by Crippen LogP contribution is -2.05. The standard InChI is InChI=1S/C22H23F3/c1-2-3-16-4-6-17(7-5-16)18-8-10-19(11-9-18)20-12-14-21(15-13-20)22(23,24)25/h6,8-16H,2-5,7H2,1H3. The first-order valence-electron chi connectivity index (χ1n) is 8.94. The molecule has 3 heteroatoms. The molecule has 2 aromatic carbocycles. The van der Waals surface area contributed by atoms with E-state index in [1.54, 1.807) is 0 Å². The number of benzene rings is 2. The molecular formula is C22H23F3. The molecule has 3 rings (SSSR count). The molecule has 0 nitrogen and oxygen atoms in total. The number of hydrogen-bond acceptors (Lipinski definition) is 0. The number of allylic oxidation sites excluding steroid dienone is 2. The Morgan fingerprint density at radius 1 is 0.880 bits per heavy atom. The highest BCUT2D eigenvalue weighted by molar-refractivity contribution is 5.71. The predicted molar refractivity (Wildman–Crippen MR) is 97.1 cm³/mol. The Labute approximate surface area is 147 Å². The van der Waals surface area contributed by atoms with Gasteiger partial charge >= 0.3 is 6.18 Å². The third kappa shape index (κ3) is 4.33. The predicted octanol–water partition coefficient (Wildman–Crippen LogP) is 7.36. The Morgan fingerprint density at radius 2 is 1.44 bits per heavy atom. The van der Waals surface area contributed by atoms with E-state index >= 15 is 0 Å². The quantitative estimate of drug-likeness (QED) is 0.543. The number of hydrogen-bond donors (Lipinski definition) is 0. The fourth-order valence-corrected chi connectivity index (χ4v) is 3.55. The van der Waals surface area contributed by atoms with Crippen molar-refractivity contribution in [3.05, 3.63) is 65.7 Å². The van der Waals surface area contributed by atoms with E-state index in [0.29, 0.717) is 0 Å². The lowest BCUT2D eigenvalue weighted by Gasteiger charge is -2.21. The van der Waals surface area contributed by atoms with Gasteiger partial charge in [-0.1, -0.05) is 62.2 Å². The van der Waals surface area contributed by atoms with Crippen LogP contribution in [-0.2, 0) is 6.18 Å². The Bertz CT molecular complexity index is 721. The van der Waals surface area contributed by atoms with E-state index in [1.807, 2.05) is 12.1 Å². The normalized spacial score (nSPS) is 18.1. The van der Waals surface area contributed by atoms with Gasteiger partial charge in [0.2, 0.25) is 0 Å². The van der Waals surface area contributed by atoms with Gasteiger partial charge < -0.3 is 0 Å². The topological polar surface area (TPSA) is 0 Å². The molecule has 25 heavy (non-hydrogen) atoms. The van der Waals surface area contributed by atoms with Crippen molar-refractivity contribution < 1.29 is 13.2 Å². The van der Waals surface area contributed by atoms with E-state index in [-0.39, 0.29) is 0 Å². The second-order valence-corrected chi connectivity index (χ2v) is 6.81. The smallest absolute Gasteiger partial charge is 0.166 e. The van der Waals surface area contributed by atoms with Gasteiger partial charge in [-0.2, -0.15) is 13.2 Å². The first kappa shape index (κ1) is 17.8. The van der Waals surface area contributed by atoms with Gasteiger partial charge in [-0.25, -0.2) is 0 Å². The second kappa shape index (κ2) is 7.47. The molecule has 1 unspecified atom stereocenters. The van der Waals surface area contributed by atoms with Crippen molar-refractivity contribution in [3.8, 4) is 11.1 Å². The van der Waals surface area contributed by atoms with Crippen LogP contribution in [0.15, 0.2) is 54.6 Å². The zero-order chi connectivity index (χ0) is 17.9. The van der Waals surface area contributed by atoms with Crippen molar-refractivity contribution in [3.63, 3.8) is 0 Å². The largest absolute Gasteiger partial charge is 0.416 e. The third-order valence-corrected chi connectivity index (χ3v) is 5.02.